The summed E-state index contributed by atoms with van der Waals surface area (Å²) in [5, 5.41) is 0.224. The minimum Gasteiger partial charge on any atom is -0.340 e. The number of piperazine rings is 1. The van der Waals surface area contributed by atoms with E-state index in [1.807, 2.05) is 4.90 Å². The van der Waals surface area contributed by atoms with E-state index in [4.69, 9.17) is 11.6 Å². The molecule has 3 aliphatic rings. The van der Waals surface area contributed by atoms with Crippen LogP contribution in [0.25, 0.3) is 0 Å². The molecule has 1 aromatic rings. The van der Waals surface area contributed by atoms with Gasteiger partial charge in [0.25, 0.3) is 0 Å². The number of hydrogen-bond acceptors (Lipinski definition) is 5. The van der Waals surface area contributed by atoms with Gasteiger partial charge in [-0.2, -0.15) is 0 Å². The fourth-order valence-corrected chi connectivity index (χ4v) is 6.49. The molecular weight excluding hydrogens is 492 g/mol. The lowest BCUT2D eigenvalue weighted by Crippen LogP contribution is -2.54. The van der Waals surface area contributed by atoms with E-state index in [-0.39, 0.29) is 27.9 Å². The number of carbonyl (C=O) groups is 1. The Hall–Kier alpha value is -0.740. The Morgan fingerprint density at radius 2 is 1.77 bits per heavy atom. The first-order valence-electron chi connectivity index (χ1n) is 10.7. The molecule has 0 aromatic carbocycles. The first-order valence-corrected chi connectivity index (χ1v) is 13.3. The van der Waals surface area contributed by atoms with Crippen molar-refractivity contribution in [3.05, 3.63) is 21.9 Å². The molecule has 2 heterocycles. The number of carbonyl (C=O) groups excluding carboxylic acids is 1. The summed E-state index contributed by atoms with van der Waals surface area (Å²) in [5.41, 5.74) is 0. The van der Waals surface area contributed by atoms with Crippen molar-refractivity contribution in [2.24, 2.45) is 5.92 Å². The Labute approximate surface area is 191 Å². The van der Waals surface area contributed by atoms with Gasteiger partial charge in [0, 0.05) is 50.4 Å². The highest BCUT2D eigenvalue weighted by molar-refractivity contribution is 9.10. The number of rotatable bonds is 5. The normalized spacial score (nSPS) is 26.4. The molecule has 10 heteroatoms. The summed E-state index contributed by atoms with van der Waals surface area (Å²) >= 11 is 9.07. The van der Waals surface area contributed by atoms with Gasteiger partial charge in [-0.1, -0.05) is 18.0 Å². The zero-order chi connectivity index (χ0) is 21.3. The Balaban J connectivity index is 1.26. The van der Waals surface area contributed by atoms with Crippen LogP contribution in [0, 0.1) is 5.92 Å². The smallest absolute Gasteiger partial charge is 0.242 e. The van der Waals surface area contributed by atoms with E-state index in [2.05, 4.69) is 30.5 Å². The van der Waals surface area contributed by atoms with E-state index in [9.17, 15) is 13.2 Å². The van der Waals surface area contributed by atoms with Crippen LogP contribution in [0.15, 0.2) is 21.6 Å². The average molecular weight is 520 g/mol. The molecule has 166 valence electrons. The summed E-state index contributed by atoms with van der Waals surface area (Å²) in [6.07, 6.45) is 7.97. The zero-order valence-electron chi connectivity index (χ0n) is 16.9. The van der Waals surface area contributed by atoms with Crippen LogP contribution in [-0.2, 0) is 14.8 Å². The summed E-state index contributed by atoms with van der Waals surface area (Å²) in [6.45, 7) is 3.60. The van der Waals surface area contributed by atoms with Gasteiger partial charge < -0.3 is 4.90 Å². The fraction of sp³-hybridized carbons (Fsp3) is 0.700. The number of amides is 1. The number of aromatic nitrogens is 1. The maximum absolute atomic E-state index is 12.9. The second-order valence-electron chi connectivity index (χ2n) is 8.56. The summed E-state index contributed by atoms with van der Waals surface area (Å²) in [4.78, 5) is 21.5. The molecule has 3 fully saturated rings. The molecule has 1 aromatic heterocycles. The van der Waals surface area contributed by atoms with E-state index in [1.54, 1.807) is 0 Å². The summed E-state index contributed by atoms with van der Waals surface area (Å²) < 4.78 is 28.5. The van der Waals surface area contributed by atoms with Crippen LogP contribution in [0.4, 0.5) is 0 Å². The lowest BCUT2D eigenvalue weighted by molar-refractivity contribution is -0.139. The Morgan fingerprint density at radius 1 is 1.10 bits per heavy atom. The van der Waals surface area contributed by atoms with Gasteiger partial charge in [0.2, 0.25) is 15.9 Å². The third kappa shape index (κ3) is 5.01. The number of nitrogens with one attached hydrogen (secondary N) is 1. The third-order valence-electron chi connectivity index (χ3n) is 6.70. The number of nitrogens with zero attached hydrogens (tertiary/aromatic N) is 3. The quantitative estimate of drug-likeness (QED) is 0.605. The van der Waals surface area contributed by atoms with Crippen molar-refractivity contribution >= 4 is 43.5 Å². The van der Waals surface area contributed by atoms with E-state index in [0.29, 0.717) is 17.3 Å². The number of halogens is 2. The van der Waals surface area contributed by atoms with Crippen LogP contribution in [0.1, 0.15) is 44.9 Å². The van der Waals surface area contributed by atoms with E-state index >= 15 is 0 Å². The van der Waals surface area contributed by atoms with Gasteiger partial charge in [-0.25, -0.2) is 18.1 Å². The van der Waals surface area contributed by atoms with Crippen molar-refractivity contribution < 1.29 is 13.2 Å². The second-order valence-corrected chi connectivity index (χ2v) is 11.5. The van der Waals surface area contributed by atoms with Crippen LogP contribution in [0.3, 0.4) is 0 Å². The molecule has 0 radical (unpaired) electrons. The molecule has 2 aliphatic carbocycles. The molecule has 2 saturated carbocycles. The Bertz CT molecular complexity index is 880. The standard InChI is InChI=1S/C20H28BrClN4O3S/c21-18-12-17(13-23-19(18)22)30(28,29)24-15-6-4-14(5-7-15)20(27)26-10-8-25(9-11-26)16-2-1-3-16/h12-16,24H,1-11H2/t14-,15-. The molecule has 4 rings (SSSR count). The van der Waals surface area contributed by atoms with Crippen molar-refractivity contribution in [3.8, 4) is 0 Å². The van der Waals surface area contributed by atoms with Gasteiger partial charge >= 0.3 is 0 Å². The fourth-order valence-electron chi connectivity index (χ4n) is 4.61. The molecule has 30 heavy (non-hydrogen) atoms. The second kappa shape index (κ2) is 9.40. The van der Waals surface area contributed by atoms with Crippen LogP contribution in [0.2, 0.25) is 5.15 Å². The Kier molecular flexibility index (Phi) is 7.04. The van der Waals surface area contributed by atoms with Gasteiger partial charge in [0.15, 0.2) is 0 Å². The molecule has 0 unspecified atom stereocenters. The molecule has 0 bridgehead atoms. The predicted molar refractivity (Wildman–Crippen MR) is 119 cm³/mol. The van der Waals surface area contributed by atoms with Crippen LogP contribution >= 0.6 is 27.5 Å². The third-order valence-corrected chi connectivity index (χ3v) is 9.32. The van der Waals surface area contributed by atoms with Gasteiger partial charge in [-0.3, -0.25) is 9.69 Å². The first-order chi connectivity index (χ1) is 14.3. The Morgan fingerprint density at radius 3 is 2.33 bits per heavy atom. The molecule has 0 atom stereocenters. The summed E-state index contributed by atoms with van der Waals surface area (Å²) in [5.74, 6) is 0.253. The predicted octanol–water partition coefficient (Wildman–Crippen LogP) is 3.03. The van der Waals surface area contributed by atoms with E-state index in [0.717, 1.165) is 45.1 Å². The molecule has 0 spiro atoms. The van der Waals surface area contributed by atoms with Crippen molar-refractivity contribution in [1.82, 2.24) is 19.5 Å². The van der Waals surface area contributed by atoms with Gasteiger partial charge in [0.1, 0.15) is 10.0 Å². The maximum Gasteiger partial charge on any atom is 0.242 e. The highest BCUT2D eigenvalue weighted by Crippen LogP contribution is 2.30. The minimum absolute atomic E-state index is 0.00681. The molecule has 1 saturated heterocycles. The van der Waals surface area contributed by atoms with E-state index < -0.39 is 10.0 Å². The van der Waals surface area contributed by atoms with Gasteiger partial charge in [-0.15, -0.1) is 0 Å². The highest BCUT2D eigenvalue weighted by atomic mass is 79.9. The van der Waals surface area contributed by atoms with Crippen molar-refractivity contribution in [1.29, 1.82) is 0 Å². The monoisotopic (exact) mass is 518 g/mol. The average Bonchev–Trinajstić information content (AvgIpc) is 2.69. The lowest BCUT2D eigenvalue weighted by atomic mass is 9.85. The largest absolute Gasteiger partial charge is 0.340 e. The van der Waals surface area contributed by atoms with Crippen LogP contribution < -0.4 is 4.72 Å². The highest BCUT2D eigenvalue weighted by Gasteiger charge is 2.34. The van der Waals surface area contributed by atoms with Crippen molar-refractivity contribution in [3.63, 3.8) is 0 Å². The number of sulfonamides is 1. The van der Waals surface area contributed by atoms with Crippen molar-refractivity contribution in [2.45, 2.75) is 61.9 Å². The lowest BCUT2D eigenvalue weighted by Gasteiger charge is -2.44. The SMILES string of the molecule is O=C([C@H]1CC[C@H](NS(=O)(=O)c2cnc(Cl)c(Br)c2)CC1)N1CCN(C2CCC2)CC1. The van der Waals surface area contributed by atoms with Crippen LogP contribution in [0.5, 0.6) is 0 Å². The minimum atomic E-state index is -3.67. The van der Waals surface area contributed by atoms with Crippen molar-refractivity contribution in [2.75, 3.05) is 26.2 Å². The topological polar surface area (TPSA) is 82.6 Å². The molecular formula is C20H28BrClN4O3S. The molecule has 1 aliphatic heterocycles. The molecule has 1 N–H and O–H groups in total. The van der Waals surface area contributed by atoms with E-state index in [1.165, 1.54) is 31.5 Å². The number of hydrogen-bond donors (Lipinski definition) is 1. The molecule has 7 nitrogen and oxygen atoms in total. The van der Waals surface area contributed by atoms with Gasteiger partial charge in [0.05, 0.1) is 4.47 Å². The van der Waals surface area contributed by atoms with Gasteiger partial charge in [-0.05, 0) is 60.5 Å². The maximum atomic E-state index is 12.9. The summed E-state index contributed by atoms with van der Waals surface area (Å²) in [6, 6.07) is 2.03. The van der Waals surface area contributed by atoms with Crippen LogP contribution in [-0.4, -0.2) is 67.4 Å². The first kappa shape index (κ1) is 22.5. The molecule has 1 amide bonds. The zero-order valence-corrected chi connectivity index (χ0v) is 20.1. The number of pyridine rings is 1. The summed E-state index contributed by atoms with van der Waals surface area (Å²) in [7, 11) is -3.67.